The van der Waals surface area contributed by atoms with Crippen LogP contribution in [-0.2, 0) is 10.8 Å². The van der Waals surface area contributed by atoms with Gasteiger partial charge in [0.05, 0.1) is 10.8 Å². The van der Waals surface area contributed by atoms with Gasteiger partial charge in [0.25, 0.3) is 0 Å². The van der Waals surface area contributed by atoms with Gasteiger partial charge in [-0.15, -0.1) is 0 Å². The van der Waals surface area contributed by atoms with Gasteiger partial charge in [0.2, 0.25) is 0 Å². The van der Waals surface area contributed by atoms with Crippen molar-refractivity contribution in [1.29, 1.82) is 0 Å². The Morgan fingerprint density at radius 3 is 0.991 bits per heavy atom. The zero-order valence-corrected chi connectivity index (χ0v) is 60.5. The molecule has 4 heterocycles. The molecule has 0 spiro atoms. The molecule has 0 radical (unpaired) electrons. The number of nitrogens with zero attached hydrogens (tertiary/aromatic N) is 6. The zero-order valence-electron chi connectivity index (χ0n) is 60.5. The maximum atomic E-state index is 7.06. The van der Waals surface area contributed by atoms with Crippen LogP contribution in [0.15, 0.2) is 397 Å². The van der Waals surface area contributed by atoms with Gasteiger partial charge in [-0.3, -0.25) is 0 Å². The van der Waals surface area contributed by atoms with E-state index in [4.69, 9.17) is 38.7 Å². The summed E-state index contributed by atoms with van der Waals surface area (Å²) in [6.07, 6.45) is 0. The van der Waals surface area contributed by atoms with Crippen molar-refractivity contribution in [2.45, 2.75) is 10.8 Å². The number of fused-ring (bicyclic) bond motifs is 12. The van der Waals surface area contributed by atoms with Crippen molar-refractivity contribution in [3.05, 3.63) is 433 Å². The molecule has 4 aromatic heterocycles. The molecule has 22 rings (SSSR count). The highest BCUT2D eigenvalue weighted by Crippen LogP contribution is 2.60. The minimum absolute atomic E-state index is 0.531. The molecule has 0 bridgehead atoms. The summed E-state index contributed by atoms with van der Waals surface area (Å²) in [5, 5.41) is 4.22. The van der Waals surface area contributed by atoms with Crippen LogP contribution in [0.1, 0.15) is 44.5 Å². The first-order chi connectivity index (χ1) is 55.5. The first kappa shape index (κ1) is 64.3. The highest BCUT2D eigenvalue weighted by molar-refractivity contribution is 6.15. The molecule has 8 nitrogen and oxygen atoms in total. The summed E-state index contributed by atoms with van der Waals surface area (Å²) in [5.41, 5.74) is 28.2. The zero-order chi connectivity index (χ0) is 73.9. The molecule has 112 heavy (non-hydrogen) atoms. The summed E-state index contributed by atoms with van der Waals surface area (Å²) in [6, 6.07) is 138. The Labute approximate surface area is 646 Å². The average molecular weight is 1430 g/mol. The van der Waals surface area contributed by atoms with Crippen LogP contribution in [0.5, 0.6) is 0 Å². The van der Waals surface area contributed by atoms with E-state index < -0.39 is 10.8 Å². The van der Waals surface area contributed by atoms with Gasteiger partial charge in [-0.05, 0) is 155 Å². The fourth-order valence-corrected chi connectivity index (χ4v) is 17.9. The van der Waals surface area contributed by atoms with Gasteiger partial charge >= 0.3 is 0 Å². The van der Waals surface area contributed by atoms with E-state index in [1.54, 1.807) is 0 Å². The lowest BCUT2D eigenvalue weighted by Gasteiger charge is -2.34. The summed E-state index contributed by atoms with van der Waals surface area (Å²) in [7, 11) is 0. The van der Waals surface area contributed by atoms with Gasteiger partial charge in [-0.2, -0.15) is 0 Å². The Hall–Kier alpha value is -14.9. The molecule has 522 valence electrons. The average Bonchev–Trinajstić information content (AvgIpc) is 1.53. The van der Waals surface area contributed by atoms with Crippen molar-refractivity contribution in [3.63, 3.8) is 0 Å². The molecule has 2 aliphatic carbocycles. The maximum Gasteiger partial charge on any atom is 0.164 e. The second-order valence-electron chi connectivity index (χ2n) is 29.1. The molecule has 20 aromatic rings. The number of hydrogen-bond acceptors (Lipinski definition) is 8. The Morgan fingerprint density at radius 2 is 0.491 bits per heavy atom. The van der Waals surface area contributed by atoms with Crippen molar-refractivity contribution in [1.82, 2.24) is 29.9 Å². The molecular weight excluding hydrogens is 1370 g/mol. The molecule has 2 aliphatic rings. The Morgan fingerprint density at radius 1 is 0.170 bits per heavy atom. The van der Waals surface area contributed by atoms with Gasteiger partial charge in [0.1, 0.15) is 22.3 Å². The van der Waals surface area contributed by atoms with E-state index in [-0.39, 0.29) is 0 Å². The summed E-state index contributed by atoms with van der Waals surface area (Å²) < 4.78 is 13.9. The van der Waals surface area contributed by atoms with Gasteiger partial charge in [0.15, 0.2) is 34.9 Å². The molecule has 0 amide bonds. The first-order valence-corrected chi connectivity index (χ1v) is 37.9. The molecule has 0 aliphatic heterocycles. The second kappa shape index (κ2) is 25.9. The van der Waals surface area contributed by atoms with Crippen LogP contribution in [0.2, 0.25) is 0 Å². The Kier molecular flexibility index (Phi) is 14.9. The largest absolute Gasteiger partial charge is 0.456 e. The molecule has 8 heteroatoms. The molecule has 0 N–H and O–H groups in total. The summed E-state index contributed by atoms with van der Waals surface area (Å²) in [4.78, 5) is 30.9. The van der Waals surface area contributed by atoms with E-state index in [0.717, 1.165) is 122 Å². The monoisotopic (exact) mass is 1430 g/mol. The first-order valence-electron chi connectivity index (χ1n) is 37.9. The van der Waals surface area contributed by atoms with Gasteiger partial charge < -0.3 is 8.83 Å². The molecule has 16 aromatic carbocycles. The van der Waals surface area contributed by atoms with Crippen LogP contribution in [0.25, 0.3) is 168 Å². The number of benzene rings is 16. The molecule has 1 unspecified atom stereocenters. The number of aromatic nitrogens is 6. The number of rotatable bonds is 13. The standard InChI is InChI=1S/C104H64N6O2/c1-7-26-67(27-8-1)97-105-98(68-28-9-2-10-29-68)109-102(108-97)75-35-24-33-73(59-75)80-44-25-47-93-96(80)87-62-84-82-43-20-22-46-89(82)104(78-40-17-6-18-41-78,91(84)64-95(87)112-93)79-55-52-66(53-56-79)65-48-50-70(51-49-65)100-106-99(69-30-11-3-12-31-69)107-101(110-100)74-34-23-32-71(58-74)72-54-57-92-85(60-72)86-61-83-81-42-19-21-45-88(81)103(76-36-13-4-14-37-76,77-38-15-5-16-39-77)90(83)63-94(86)111-92/h1-64H. The lowest BCUT2D eigenvalue weighted by molar-refractivity contribution is 0.665. The van der Waals surface area contributed by atoms with Crippen LogP contribution in [0, 0.1) is 0 Å². The fraction of sp³-hybridized carbons (Fsp3) is 0.0192. The van der Waals surface area contributed by atoms with E-state index in [2.05, 4.69) is 309 Å². The van der Waals surface area contributed by atoms with Gasteiger partial charge in [-0.25, -0.2) is 29.9 Å². The van der Waals surface area contributed by atoms with Gasteiger partial charge in [0, 0.05) is 54.9 Å². The third kappa shape index (κ3) is 10.3. The van der Waals surface area contributed by atoms with E-state index in [0.29, 0.717) is 34.9 Å². The van der Waals surface area contributed by atoms with E-state index in [1.807, 2.05) is 78.9 Å². The second-order valence-corrected chi connectivity index (χ2v) is 29.1. The predicted octanol–water partition coefficient (Wildman–Crippen LogP) is 25.6. The van der Waals surface area contributed by atoms with Crippen LogP contribution in [0.4, 0.5) is 0 Å². The molecular formula is C104H64N6O2. The highest BCUT2D eigenvalue weighted by Gasteiger charge is 2.48. The van der Waals surface area contributed by atoms with Gasteiger partial charge in [-0.1, -0.05) is 334 Å². The van der Waals surface area contributed by atoms with Crippen molar-refractivity contribution in [2.24, 2.45) is 0 Å². The highest BCUT2D eigenvalue weighted by atomic mass is 16.3. The SMILES string of the molecule is c1ccc(-c2nc(-c3ccc(-c4ccc(C5(c6ccccc6)c6ccccc6-c6cc7c(cc65)oc5cccc(-c6cccc(-c8nc(-c9ccccc9)nc(-c9ccccc9)n8)c6)c57)cc4)cc3)nc(-c3cccc(-c4ccc5oc6cc7c(cc6c5c4)-c4ccccc4C7(c4ccccc4)c4ccccc4)c3)n2)cc1. The van der Waals surface area contributed by atoms with Crippen LogP contribution >= 0.6 is 0 Å². The third-order valence-corrected chi connectivity index (χ3v) is 23.0. The normalized spacial score (nSPS) is 13.8. The lowest BCUT2D eigenvalue weighted by Crippen LogP contribution is -2.28. The lowest BCUT2D eigenvalue weighted by atomic mass is 9.67. The van der Waals surface area contributed by atoms with Crippen molar-refractivity contribution < 1.29 is 8.83 Å². The predicted molar refractivity (Wildman–Crippen MR) is 451 cm³/mol. The summed E-state index contributed by atoms with van der Waals surface area (Å²) >= 11 is 0. The van der Waals surface area contributed by atoms with Crippen molar-refractivity contribution in [3.8, 4) is 124 Å². The fourth-order valence-electron chi connectivity index (χ4n) is 17.9. The third-order valence-electron chi connectivity index (χ3n) is 23.0. The number of furan rings is 2. The maximum absolute atomic E-state index is 7.06. The molecule has 0 fully saturated rings. The summed E-state index contributed by atoms with van der Waals surface area (Å²) in [6.45, 7) is 0. The quantitative estimate of drug-likeness (QED) is 0.112. The summed E-state index contributed by atoms with van der Waals surface area (Å²) in [5.74, 6) is 3.59. The minimum Gasteiger partial charge on any atom is -0.456 e. The molecule has 0 saturated heterocycles. The van der Waals surface area contributed by atoms with Crippen molar-refractivity contribution >= 4 is 43.9 Å². The molecule has 1 atom stereocenters. The molecule has 0 saturated carbocycles. The smallest absolute Gasteiger partial charge is 0.164 e. The minimum atomic E-state index is -0.688. The van der Waals surface area contributed by atoms with Crippen LogP contribution < -0.4 is 0 Å². The van der Waals surface area contributed by atoms with Crippen LogP contribution in [-0.4, -0.2) is 29.9 Å². The van der Waals surface area contributed by atoms with Crippen LogP contribution in [0.3, 0.4) is 0 Å². The van der Waals surface area contributed by atoms with E-state index >= 15 is 0 Å². The Balaban J connectivity index is 0.596. The Bertz CT molecular complexity index is 6990. The van der Waals surface area contributed by atoms with E-state index in [1.165, 1.54) is 55.6 Å². The van der Waals surface area contributed by atoms with E-state index in [9.17, 15) is 0 Å². The topological polar surface area (TPSA) is 104 Å². The number of hydrogen-bond donors (Lipinski definition) is 0. The van der Waals surface area contributed by atoms with Crippen molar-refractivity contribution in [2.75, 3.05) is 0 Å².